The molecule has 20 heavy (non-hydrogen) atoms. The lowest BCUT2D eigenvalue weighted by atomic mass is 9.77. The molecule has 1 saturated carbocycles. The highest BCUT2D eigenvalue weighted by molar-refractivity contribution is 9.09. The van der Waals surface area contributed by atoms with Crippen molar-refractivity contribution in [3.05, 3.63) is 0 Å². The Balaban J connectivity index is 2.13. The lowest BCUT2D eigenvalue weighted by Crippen LogP contribution is -2.55. The molecule has 1 aliphatic carbocycles. The lowest BCUT2D eigenvalue weighted by molar-refractivity contribution is -0.154. The van der Waals surface area contributed by atoms with Crippen molar-refractivity contribution in [3.63, 3.8) is 0 Å². The van der Waals surface area contributed by atoms with Crippen molar-refractivity contribution in [3.8, 4) is 0 Å². The average molecular weight is 346 g/mol. The number of hydrogen-bond acceptors (Lipinski definition) is 2. The standard InChI is InChI=1S/C16H28BrNO2/c1-12(2)8-16(6-4-5-7-16)15(19)18-10-14(9-17)20-11-13(18)3/h12-14H,4-11H2,1-3H3. The number of alkyl halides is 1. The molecule has 0 aromatic carbocycles. The Kier molecular flexibility index (Phi) is 5.52. The third-order valence-corrected chi connectivity index (χ3v) is 5.47. The van der Waals surface area contributed by atoms with E-state index in [1.807, 2.05) is 0 Å². The fourth-order valence-corrected chi connectivity index (χ4v) is 4.23. The molecule has 2 atom stereocenters. The van der Waals surface area contributed by atoms with Crippen molar-refractivity contribution in [1.29, 1.82) is 0 Å². The van der Waals surface area contributed by atoms with Gasteiger partial charge in [0.1, 0.15) is 0 Å². The van der Waals surface area contributed by atoms with Crippen molar-refractivity contribution in [1.82, 2.24) is 4.90 Å². The summed E-state index contributed by atoms with van der Waals surface area (Å²) in [5.74, 6) is 0.978. The van der Waals surface area contributed by atoms with Gasteiger partial charge in [-0.3, -0.25) is 4.79 Å². The van der Waals surface area contributed by atoms with Crippen LogP contribution in [0.1, 0.15) is 52.9 Å². The van der Waals surface area contributed by atoms with Crippen LogP contribution in [0.4, 0.5) is 0 Å². The van der Waals surface area contributed by atoms with E-state index in [1.54, 1.807) is 0 Å². The smallest absolute Gasteiger partial charge is 0.229 e. The SMILES string of the molecule is CC(C)CC1(C(=O)N2CC(CBr)OCC2C)CCCC1. The molecule has 1 heterocycles. The number of halogens is 1. The van der Waals surface area contributed by atoms with Crippen LogP contribution in [0.3, 0.4) is 0 Å². The first-order chi connectivity index (χ1) is 9.48. The minimum Gasteiger partial charge on any atom is -0.373 e. The summed E-state index contributed by atoms with van der Waals surface area (Å²) in [4.78, 5) is 15.3. The predicted octanol–water partition coefficient (Wildman–Crippen LogP) is 3.60. The van der Waals surface area contributed by atoms with Gasteiger partial charge in [-0.05, 0) is 32.1 Å². The Morgan fingerprint density at radius 1 is 1.40 bits per heavy atom. The van der Waals surface area contributed by atoms with Crippen molar-refractivity contribution in [2.24, 2.45) is 11.3 Å². The van der Waals surface area contributed by atoms with Crippen LogP contribution in [-0.2, 0) is 9.53 Å². The Bertz CT molecular complexity index is 339. The average Bonchev–Trinajstić information content (AvgIpc) is 2.87. The summed E-state index contributed by atoms with van der Waals surface area (Å²) in [6, 6.07) is 0.211. The quantitative estimate of drug-likeness (QED) is 0.728. The van der Waals surface area contributed by atoms with E-state index in [0.717, 1.165) is 31.1 Å². The van der Waals surface area contributed by atoms with Crippen LogP contribution >= 0.6 is 15.9 Å². The predicted molar refractivity (Wildman–Crippen MR) is 85.1 cm³/mol. The van der Waals surface area contributed by atoms with Gasteiger partial charge < -0.3 is 9.64 Å². The first-order valence-electron chi connectivity index (χ1n) is 7.97. The van der Waals surface area contributed by atoms with Gasteiger partial charge in [-0.15, -0.1) is 0 Å². The summed E-state index contributed by atoms with van der Waals surface area (Å²) >= 11 is 3.48. The molecule has 0 N–H and O–H groups in total. The minimum atomic E-state index is -0.0867. The number of rotatable bonds is 4. The van der Waals surface area contributed by atoms with E-state index in [1.165, 1.54) is 12.8 Å². The van der Waals surface area contributed by atoms with Crippen LogP contribution < -0.4 is 0 Å². The molecule has 1 saturated heterocycles. The second-order valence-electron chi connectivity index (χ2n) is 7.00. The molecule has 0 spiro atoms. The Hall–Kier alpha value is -0.0900. The molecule has 2 aliphatic rings. The maximum absolute atomic E-state index is 13.2. The van der Waals surface area contributed by atoms with E-state index in [9.17, 15) is 4.79 Å². The number of amides is 1. The van der Waals surface area contributed by atoms with E-state index >= 15 is 0 Å². The monoisotopic (exact) mass is 345 g/mol. The van der Waals surface area contributed by atoms with Crippen molar-refractivity contribution < 1.29 is 9.53 Å². The topological polar surface area (TPSA) is 29.5 Å². The lowest BCUT2D eigenvalue weighted by Gasteiger charge is -2.43. The zero-order valence-electron chi connectivity index (χ0n) is 13.0. The van der Waals surface area contributed by atoms with Gasteiger partial charge in [0.2, 0.25) is 5.91 Å². The molecule has 0 radical (unpaired) electrons. The Morgan fingerprint density at radius 2 is 2.05 bits per heavy atom. The molecule has 116 valence electrons. The molecule has 4 heteroatoms. The van der Waals surface area contributed by atoms with Crippen LogP contribution in [0, 0.1) is 11.3 Å². The number of carbonyl (C=O) groups is 1. The summed E-state index contributed by atoms with van der Waals surface area (Å²) in [6.07, 6.45) is 5.75. The van der Waals surface area contributed by atoms with Crippen molar-refractivity contribution in [2.75, 3.05) is 18.5 Å². The van der Waals surface area contributed by atoms with Crippen molar-refractivity contribution in [2.45, 2.75) is 65.0 Å². The number of ether oxygens (including phenoxy) is 1. The molecule has 2 fully saturated rings. The van der Waals surface area contributed by atoms with Gasteiger partial charge in [-0.25, -0.2) is 0 Å². The third-order valence-electron chi connectivity index (χ3n) is 4.75. The van der Waals surface area contributed by atoms with Gasteiger partial charge in [0.15, 0.2) is 0 Å². The normalized spacial score (nSPS) is 29.9. The highest BCUT2D eigenvalue weighted by atomic mass is 79.9. The van der Waals surface area contributed by atoms with Gasteiger partial charge in [0, 0.05) is 17.3 Å². The maximum atomic E-state index is 13.2. The zero-order chi connectivity index (χ0) is 14.8. The molecule has 2 rings (SSSR count). The highest BCUT2D eigenvalue weighted by Crippen LogP contribution is 2.45. The fourth-order valence-electron chi connectivity index (χ4n) is 3.84. The molecule has 1 amide bonds. The maximum Gasteiger partial charge on any atom is 0.229 e. The van der Waals surface area contributed by atoms with Crippen LogP contribution in [-0.4, -0.2) is 41.4 Å². The fraction of sp³-hybridized carbons (Fsp3) is 0.938. The molecule has 1 aliphatic heterocycles. The second kappa shape index (κ2) is 6.78. The zero-order valence-corrected chi connectivity index (χ0v) is 14.6. The molecule has 2 unspecified atom stereocenters. The van der Waals surface area contributed by atoms with Gasteiger partial charge >= 0.3 is 0 Å². The largest absolute Gasteiger partial charge is 0.373 e. The number of morpholine rings is 1. The van der Waals surface area contributed by atoms with Crippen LogP contribution in [0.2, 0.25) is 0 Å². The number of nitrogens with zero attached hydrogens (tertiary/aromatic N) is 1. The molecular formula is C16H28BrNO2. The van der Waals surface area contributed by atoms with Crippen LogP contribution in [0.25, 0.3) is 0 Å². The summed E-state index contributed by atoms with van der Waals surface area (Å²) in [5.41, 5.74) is -0.0867. The molecule has 0 aromatic heterocycles. The first-order valence-corrected chi connectivity index (χ1v) is 9.09. The van der Waals surface area contributed by atoms with E-state index in [-0.39, 0.29) is 17.6 Å². The number of hydrogen-bond donors (Lipinski definition) is 0. The van der Waals surface area contributed by atoms with Crippen molar-refractivity contribution >= 4 is 21.8 Å². The summed E-state index contributed by atoms with van der Waals surface area (Å²) in [6.45, 7) is 7.99. The summed E-state index contributed by atoms with van der Waals surface area (Å²) < 4.78 is 5.76. The highest BCUT2D eigenvalue weighted by Gasteiger charge is 2.45. The Labute approximate surface area is 131 Å². The van der Waals surface area contributed by atoms with Gasteiger partial charge in [0.05, 0.1) is 18.8 Å². The summed E-state index contributed by atoms with van der Waals surface area (Å²) in [5, 5.41) is 0.806. The van der Waals surface area contributed by atoms with E-state index in [0.29, 0.717) is 18.4 Å². The molecule has 3 nitrogen and oxygen atoms in total. The third kappa shape index (κ3) is 3.38. The van der Waals surface area contributed by atoms with Gasteiger partial charge in [0.25, 0.3) is 0 Å². The molecule has 0 bridgehead atoms. The van der Waals surface area contributed by atoms with Crippen LogP contribution in [0.15, 0.2) is 0 Å². The number of carbonyl (C=O) groups excluding carboxylic acids is 1. The van der Waals surface area contributed by atoms with E-state index in [4.69, 9.17) is 4.74 Å². The van der Waals surface area contributed by atoms with E-state index in [2.05, 4.69) is 41.6 Å². The molecule has 0 aromatic rings. The first kappa shape index (κ1) is 16.3. The van der Waals surface area contributed by atoms with E-state index < -0.39 is 0 Å². The molecular weight excluding hydrogens is 318 g/mol. The minimum absolute atomic E-state index is 0.0867. The van der Waals surface area contributed by atoms with Crippen LogP contribution in [0.5, 0.6) is 0 Å². The Morgan fingerprint density at radius 3 is 2.60 bits per heavy atom. The summed E-state index contributed by atoms with van der Waals surface area (Å²) in [7, 11) is 0. The second-order valence-corrected chi connectivity index (χ2v) is 7.65. The van der Waals surface area contributed by atoms with Gasteiger partial charge in [-0.1, -0.05) is 42.6 Å². The van der Waals surface area contributed by atoms with Gasteiger partial charge in [-0.2, -0.15) is 0 Å².